The summed E-state index contributed by atoms with van der Waals surface area (Å²) in [6.07, 6.45) is 0.540. The number of nitrogens with zero attached hydrogens (tertiary/aromatic N) is 2. The minimum Gasteiger partial charge on any atom is -0.468 e. The Kier molecular flexibility index (Phi) is 7.63. The van der Waals surface area contributed by atoms with Crippen molar-refractivity contribution in [1.82, 2.24) is 9.80 Å². The average molecular weight is 412 g/mol. The second-order valence-corrected chi connectivity index (χ2v) is 6.54. The third-order valence-electron chi connectivity index (χ3n) is 4.70. The van der Waals surface area contributed by atoms with Gasteiger partial charge in [0.1, 0.15) is 24.7 Å². The molecule has 29 heavy (non-hydrogen) atoms. The first-order valence-electron chi connectivity index (χ1n) is 8.93. The standard InChI is InChI=1S/C19H22F2N2O6/c1-28-16(24)10-23(11-17(25)29-2)18(26)12-5-7-22(8-6-12)19(27)14-4-3-13(20)9-15(14)21/h3-4,9,12H,5-8,10-11H2,1-2H3. The first-order valence-corrected chi connectivity index (χ1v) is 8.93. The van der Waals surface area contributed by atoms with Crippen LogP contribution in [0.1, 0.15) is 23.2 Å². The van der Waals surface area contributed by atoms with Gasteiger partial charge < -0.3 is 19.3 Å². The second kappa shape index (κ2) is 9.94. The molecule has 0 unspecified atom stereocenters. The molecule has 1 saturated heterocycles. The Balaban J connectivity index is 2.01. The summed E-state index contributed by atoms with van der Waals surface area (Å²) < 4.78 is 36.0. The number of rotatable bonds is 6. The maximum atomic E-state index is 13.8. The second-order valence-electron chi connectivity index (χ2n) is 6.54. The van der Waals surface area contributed by atoms with Gasteiger partial charge in [0.15, 0.2) is 0 Å². The monoisotopic (exact) mass is 412 g/mol. The zero-order valence-electron chi connectivity index (χ0n) is 16.2. The molecular formula is C19H22F2N2O6. The number of hydrogen-bond donors (Lipinski definition) is 0. The largest absolute Gasteiger partial charge is 0.468 e. The highest BCUT2D eigenvalue weighted by atomic mass is 19.1. The Morgan fingerprint density at radius 3 is 2.07 bits per heavy atom. The summed E-state index contributed by atoms with van der Waals surface area (Å²) in [6.45, 7) is -0.443. The van der Waals surface area contributed by atoms with E-state index in [1.165, 1.54) is 19.1 Å². The van der Waals surface area contributed by atoms with Crippen molar-refractivity contribution in [1.29, 1.82) is 0 Å². The minimum atomic E-state index is -0.949. The van der Waals surface area contributed by atoms with Crippen molar-refractivity contribution >= 4 is 23.8 Å². The van der Waals surface area contributed by atoms with E-state index in [4.69, 9.17) is 0 Å². The molecule has 1 aromatic rings. The van der Waals surface area contributed by atoms with Gasteiger partial charge >= 0.3 is 11.9 Å². The number of carbonyl (C=O) groups is 4. The van der Waals surface area contributed by atoms with Gasteiger partial charge in [-0.2, -0.15) is 0 Å². The lowest BCUT2D eigenvalue weighted by Crippen LogP contribution is -2.47. The fraction of sp³-hybridized carbons (Fsp3) is 0.474. The number of hydrogen-bond acceptors (Lipinski definition) is 6. The van der Waals surface area contributed by atoms with Crippen LogP contribution in [0.2, 0.25) is 0 Å². The summed E-state index contributed by atoms with van der Waals surface area (Å²) in [5.74, 6) is -4.62. The van der Waals surface area contributed by atoms with Crippen LogP contribution in [0.25, 0.3) is 0 Å². The average Bonchev–Trinajstić information content (AvgIpc) is 2.72. The smallest absolute Gasteiger partial charge is 0.325 e. The van der Waals surface area contributed by atoms with E-state index in [2.05, 4.69) is 9.47 Å². The molecule has 0 aliphatic carbocycles. The van der Waals surface area contributed by atoms with Crippen molar-refractivity contribution in [3.05, 3.63) is 35.4 Å². The SMILES string of the molecule is COC(=O)CN(CC(=O)OC)C(=O)C1CCN(C(=O)c2ccc(F)cc2F)CC1. The molecule has 2 amide bonds. The Hall–Kier alpha value is -3.04. The van der Waals surface area contributed by atoms with Gasteiger partial charge in [-0.05, 0) is 25.0 Å². The van der Waals surface area contributed by atoms with Crippen molar-refractivity contribution in [2.45, 2.75) is 12.8 Å². The third-order valence-corrected chi connectivity index (χ3v) is 4.70. The normalized spacial score (nSPS) is 14.3. The van der Waals surface area contributed by atoms with Gasteiger partial charge in [0, 0.05) is 25.1 Å². The zero-order valence-corrected chi connectivity index (χ0v) is 16.2. The molecule has 1 aliphatic heterocycles. The van der Waals surface area contributed by atoms with Gasteiger partial charge in [-0.1, -0.05) is 0 Å². The number of methoxy groups -OCH3 is 2. The molecule has 0 bridgehead atoms. The van der Waals surface area contributed by atoms with Gasteiger partial charge in [-0.15, -0.1) is 0 Å². The summed E-state index contributed by atoms with van der Waals surface area (Å²) in [5, 5.41) is 0. The lowest BCUT2D eigenvalue weighted by atomic mass is 9.94. The lowest BCUT2D eigenvalue weighted by Gasteiger charge is -2.33. The molecule has 0 radical (unpaired) electrons. The number of likely N-dealkylation sites (tertiary alicyclic amines) is 1. The van der Waals surface area contributed by atoms with E-state index in [1.807, 2.05) is 0 Å². The summed E-state index contributed by atoms with van der Waals surface area (Å²) in [4.78, 5) is 50.7. The van der Waals surface area contributed by atoms with E-state index in [9.17, 15) is 28.0 Å². The quantitative estimate of drug-likeness (QED) is 0.647. The predicted molar refractivity (Wildman–Crippen MR) is 95.6 cm³/mol. The molecule has 10 heteroatoms. The molecule has 158 valence electrons. The zero-order chi connectivity index (χ0) is 21.6. The van der Waals surface area contributed by atoms with Crippen LogP contribution in [-0.2, 0) is 23.9 Å². The van der Waals surface area contributed by atoms with Crippen LogP contribution in [0.4, 0.5) is 8.78 Å². The van der Waals surface area contributed by atoms with Gasteiger partial charge in [0.25, 0.3) is 5.91 Å². The lowest BCUT2D eigenvalue weighted by molar-refractivity contribution is -0.154. The first kappa shape index (κ1) is 22.3. The van der Waals surface area contributed by atoms with Crippen LogP contribution >= 0.6 is 0 Å². The number of ether oxygens (including phenoxy) is 2. The highest BCUT2D eigenvalue weighted by Gasteiger charge is 2.33. The molecule has 0 spiro atoms. The molecule has 0 aromatic heterocycles. The Morgan fingerprint density at radius 2 is 1.59 bits per heavy atom. The van der Waals surface area contributed by atoms with E-state index in [-0.39, 0.29) is 31.5 Å². The van der Waals surface area contributed by atoms with Crippen molar-refractivity contribution in [3.8, 4) is 0 Å². The molecule has 1 aliphatic rings. The number of benzene rings is 1. The minimum absolute atomic E-state index is 0.177. The highest BCUT2D eigenvalue weighted by Crippen LogP contribution is 2.22. The van der Waals surface area contributed by atoms with Crippen molar-refractivity contribution in [2.75, 3.05) is 40.4 Å². The van der Waals surface area contributed by atoms with E-state index in [0.717, 1.165) is 17.0 Å². The van der Waals surface area contributed by atoms with E-state index >= 15 is 0 Å². The van der Waals surface area contributed by atoms with E-state index in [0.29, 0.717) is 6.07 Å². The van der Waals surface area contributed by atoms with Crippen LogP contribution in [0.5, 0.6) is 0 Å². The summed E-state index contributed by atoms with van der Waals surface area (Å²) in [6, 6.07) is 2.73. The number of amides is 2. The Labute approximate surface area is 166 Å². The first-order chi connectivity index (χ1) is 13.8. The van der Waals surface area contributed by atoms with Crippen LogP contribution < -0.4 is 0 Å². The number of carbonyl (C=O) groups excluding carboxylic acids is 4. The Morgan fingerprint density at radius 1 is 1.03 bits per heavy atom. The number of piperidine rings is 1. The number of halogens is 2. The van der Waals surface area contributed by atoms with Crippen LogP contribution in [0.3, 0.4) is 0 Å². The highest BCUT2D eigenvalue weighted by molar-refractivity contribution is 5.95. The molecule has 1 fully saturated rings. The topological polar surface area (TPSA) is 93.2 Å². The maximum absolute atomic E-state index is 13.8. The van der Waals surface area contributed by atoms with E-state index < -0.39 is 54.4 Å². The predicted octanol–water partition coefficient (Wildman–Crippen LogP) is 0.992. The fourth-order valence-corrected chi connectivity index (χ4v) is 3.07. The van der Waals surface area contributed by atoms with Gasteiger partial charge in [-0.3, -0.25) is 19.2 Å². The van der Waals surface area contributed by atoms with Crippen molar-refractivity contribution in [3.63, 3.8) is 0 Å². The number of esters is 2. The fourth-order valence-electron chi connectivity index (χ4n) is 3.07. The molecular weight excluding hydrogens is 390 g/mol. The maximum Gasteiger partial charge on any atom is 0.325 e. The molecule has 0 N–H and O–H groups in total. The Bertz CT molecular complexity index is 775. The molecule has 1 aromatic carbocycles. The van der Waals surface area contributed by atoms with Crippen molar-refractivity contribution < 1.29 is 37.4 Å². The van der Waals surface area contributed by atoms with Crippen LogP contribution in [0, 0.1) is 17.6 Å². The molecule has 8 nitrogen and oxygen atoms in total. The molecule has 1 heterocycles. The van der Waals surface area contributed by atoms with Gasteiger partial charge in [0.05, 0.1) is 19.8 Å². The molecule has 0 saturated carbocycles. The van der Waals surface area contributed by atoms with Crippen LogP contribution in [-0.4, -0.2) is 74.0 Å². The summed E-state index contributed by atoms with van der Waals surface area (Å²) in [5.41, 5.74) is -0.241. The van der Waals surface area contributed by atoms with E-state index in [1.54, 1.807) is 0 Å². The third kappa shape index (κ3) is 5.72. The van der Waals surface area contributed by atoms with Crippen molar-refractivity contribution in [2.24, 2.45) is 5.92 Å². The summed E-state index contributed by atoms with van der Waals surface area (Å²) in [7, 11) is 2.34. The van der Waals surface area contributed by atoms with Crippen LogP contribution in [0.15, 0.2) is 18.2 Å². The van der Waals surface area contributed by atoms with Gasteiger partial charge in [-0.25, -0.2) is 8.78 Å². The molecule has 0 atom stereocenters. The molecule has 2 rings (SSSR count). The summed E-state index contributed by atoms with van der Waals surface area (Å²) >= 11 is 0. The van der Waals surface area contributed by atoms with Gasteiger partial charge in [0.2, 0.25) is 5.91 Å².